The van der Waals surface area contributed by atoms with E-state index in [0.29, 0.717) is 18.9 Å². The second kappa shape index (κ2) is 11.3. The summed E-state index contributed by atoms with van der Waals surface area (Å²) in [5, 5.41) is 5.45. The van der Waals surface area contributed by atoms with Crippen LogP contribution in [0.15, 0.2) is 47.5 Å². The summed E-state index contributed by atoms with van der Waals surface area (Å²) in [5.41, 5.74) is -2.42. The van der Waals surface area contributed by atoms with Gasteiger partial charge in [0.05, 0.1) is 49.2 Å². The molecule has 2 atom stereocenters. The molecule has 0 bridgehead atoms. The average Bonchev–Trinajstić information content (AvgIpc) is 3.35. The third kappa shape index (κ3) is 5.65. The van der Waals surface area contributed by atoms with E-state index >= 15 is 0 Å². The summed E-state index contributed by atoms with van der Waals surface area (Å²) in [6.45, 7) is 1.10. The number of hydrogen-bond acceptors (Lipinski definition) is 8. The first-order chi connectivity index (χ1) is 20.9. The van der Waals surface area contributed by atoms with Crippen LogP contribution < -0.4 is 20.1 Å². The number of halogens is 6. The summed E-state index contributed by atoms with van der Waals surface area (Å²) < 4.78 is 92.0. The summed E-state index contributed by atoms with van der Waals surface area (Å²) in [4.78, 5) is 34.0. The minimum atomic E-state index is -4.91. The Bertz CT molecular complexity index is 1610. The lowest BCUT2D eigenvalue weighted by atomic mass is 10.1. The van der Waals surface area contributed by atoms with Crippen molar-refractivity contribution in [2.45, 2.75) is 37.4 Å². The standard InChI is InChI=1S/C28H26F6N6O4/c29-27(30,31)17-9-22-25(35-10-17)39-7-6-38(13-18(39)14-44-22)23(41)5-8-43-15-21-19-4-2-1-3-16(19)12-40(21)20-11-36-37-26(42)24(20)28(32,33)34/h1-4,9-11,18,21H,5-8,12-15H2,(H,37,42). The fourth-order valence-corrected chi connectivity index (χ4v) is 5.89. The fourth-order valence-electron chi connectivity index (χ4n) is 5.89. The van der Waals surface area contributed by atoms with E-state index in [9.17, 15) is 35.9 Å². The van der Waals surface area contributed by atoms with E-state index in [4.69, 9.17) is 9.47 Å². The number of aromatic nitrogens is 3. The lowest BCUT2D eigenvalue weighted by Crippen LogP contribution is -2.58. The highest BCUT2D eigenvalue weighted by Crippen LogP contribution is 2.42. The van der Waals surface area contributed by atoms with Crippen LogP contribution in [-0.2, 0) is 28.4 Å². The van der Waals surface area contributed by atoms with E-state index in [0.717, 1.165) is 29.6 Å². The third-order valence-electron chi connectivity index (χ3n) is 7.99. The first kappa shape index (κ1) is 29.7. The largest absolute Gasteiger partial charge is 0.487 e. The van der Waals surface area contributed by atoms with Crippen molar-refractivity contribution in [2.75, 3.05) is 49.3 Å². The van der Waals surface area contributed by atoms with Gasteiger partial charge in [0.1, 0.15) is 12.2 Å². The van der Waals surface area contributed by atoms with E-state index < -0.39 is 35.1 Å². The number of fused-ring (bicyclic) bond motifs is 4. The number of nitrogens with one attached hydrogen (secondary N) is 1. The number of amides is 1. The number of piperazine rings is 1. The summed E-state index contributed by atoms with van der Waals surface area (Å²) in [6.07, 6.45) is -7.70. The van der Waals surface area contributed by atoms with E-state index in [-0.39, 0.29) is 62.7 Å². The molecule has 234 valence electrons. The van der Waals surface area contributed by atoms with Gasteiger partial charge < -0.3 is 24.2 Å². The van der Waals surface area contributed by atoms with Gasteiger partial charge in [-0.25, -0.2) is 10.1 Å². The molecule has 6 rings (SSSR count). The van der Waals surface area contributed by atoms with E-state index in [1.165, 1.54) is 4.90 Å². The number of ether oxygens (including phenoxy) is 2. The van der Waals surface area contributed by atoms with Gasteiger partial charge in [0.2, 0.25) is 5.91 Å². The Hall–Kier alpha value is -4.34. The molecule has 3 aliphatic rings. The lowest BCUT2D eigenvalue weighted by Gasteiger charge is -2.44. The molecule has 0 saturated carbocycles. The number of hydrogen-bond donors (Lipinski definition) is 1. The van der Waals surface area contributed by atoms with Gasteiger partial charge in [-0.2, -0.15) is 31.4 Å². The Morgan fingerprint density at radius 1 is 1.07 bits per heavy atom. The smallest absolute Gasteiger partial charge is 0.423 e. The second-order valence-corrected chi connectivity index (χ2v) is 10.7. The maximum atomic E-state index is 13.8. The molecule has 1 fully saturated rings. The van der Waals surface area contributed by atoms with Crippen LogP contribution in [0.5, 0.6) is 5.75 Å². The molecule has 16 heteroatoms. The molecule has 1 aromatic carbocycles. The minimum absolute atomic E-state index is 0.00290. The molecule has 0 radical (unpaired) electrons. The van der Waals surface area contributed by atoms with Crippen LogP contribution in [0.2, 0.25) is 0 Å². The zero-order valence-electron chi connectivity index (χ0n) is 23.0. The van der Waals surface area contributed by atoms with Crippen LogP contribution in [0.1, 0.15) is 34.7 Å². The molecule has 2 unspecified atom stereocenters. The molecule has 1 amide bonds. The van der Waals surface area contributed by atoms with Gasteiger partial charge in [0.15, 0.2) is 11.6 Å². The van der Waals surface area contributed by atoms with Gasteiger partial charge in [-0.3, -0.25) is 9.59 Å². The Labute approximate surface area is 246 Å². The summed E-state index contributed by atoms with van der Waals surface area (Å²) >= 11 is 0. The number of carbonyl (C=O) groups excluding carboxylic acids is 1. The van der Waals surface area contributed by atoms with Gasteiger partial charge >= 0.3 is 12.4 Å². The third-order valence-corrected chi connectivity index (χ3v) is 7.99. The number of pyridine rings is 1. The van der Waals surface area contributed by atoms with Crippen molar-refractivity contribution in [1.82, 2.24) is 20.1 Å². The van der Waals surface area contributed by atoms with Crippen LogP contribution in [0.3, 0.4) is 0 Å². The zero-order valence-corrected chi connectivity index (χ0v) is 23.0. The van der Waals surface area contributed by atoms with Gasteiger partial charge in [-0.05, 0) is 17.2 Å². The molecule has 5 heterocycles. The van der Waals surface area contributed by atoms with Crippen LogP contribution in [0, 0.1) is 0 Å². The molecule has 1 N–H and O–H groups in total. The number of anilines is 2. The van der Waals surface area contributed by atoms with Crippen LogP contribution >= 0.6 is 0 Å². The summed E-state index contributed by atoms with van der Waals surface area (Å²) in [7, 11) is 0. The molecule has 1 saturated heterocycles. The van der Waals surface area contributed by atoms with Gasteiger partial charge in [0.25, 0.3) is 5.56 Å². The molecule has 3 aromatic rings. The van der Waals surface area contributed by atoms with Gasteiger partial charge in [0, 0.05) is 32.4 Å². The number of H-pyrrole nitrogens is 1. The molecular weight excluding hydrogens is 598 g/mol. The van der Waals surface area contributed by atoms with Crippen LogP contribution in [0.25, 0.3) is 0 Å². The van der Waals surface area contributed by atoms with Crippen molar-refractivity contribution < 1.29 is 40.6 Å². The van der Waals surface area contributed by atoms with Crippen LogP contribution in [0.4, 0.5) is 37.8 Å². The van der Waals surface area contributed by atoms with Crippen molar-refractivity contribution >= 4 is 17.4 Å². The first-order valence-corrected chi connectivity index (χ1v) is 13.7. The molecular formula is C28H26F6N6O4. The van der Waals surface area contributed by atoms with Crippen LogP contribution in [-0.4, -0.2) is 71.5 Å². The van der Waals surface area contributed by atoms with Gasteiger partial charge in [-0.15, -0.1) is 0 Å². The van der Waals surface area contributed by atoms with E-state index in [1.54, 1.807) is 29.2 Å². The average molecular weight is 625 g/mol. The molecule has 0 aliphatic carbocycles. The number of alkyl halides is 6. The number of rotatable bonds is 6. The van der Waals surface area contributed by atoms with Crippen molar-refractivity contribution in [3.8, 4) is 5.75 Å². The SMILES string of the molecule is O=C(CCOCC1c2ccccc2CN1c1cn[nH]c(=O)c1C(F)(F)F)N1CCN2c3ncc(C(F)(F)F)cc3OCC2C1. The molecule has 0 spiro atoms. The summed E-state index contributed by atoms with van der Waals surface area (Å²) in [6, 6.07) is 7.08. The minimum Gasteiger partial charge on any atom is -0.487 e. The fraction of sp³-hybridized carbons (Fsp3) is 0.429. The topological polar surface area (TPSA) is 104 Å². The van der Waals surface area contributed by atoms with Crippen molar-refractivity contribution in [1.29, 1.82) is 0 Å². The number of nitrogens with zero attached hydrogens (tertiary/aromatic N) is 5. The zero-order chi connectivity index (χ0) is 31.2. The number of aromatic amines is 1. The Morgan fingerprint density at radius 3 is 2.64 bits per heavy atom. The predicted molar refractivity (Wildman–Crippen MR) is 143 cm³/mol. The van der Waals surface area contributed by atoms with Gasteiger partial charge in [-0.1, -0.05) is 24.3 Å². The first-order valence-electron chi connectivity index (χ1n) is 13.7. The lowest BCUT2D eigenvalue weighted by molar-refractivity contribution is -0.139. The highest BCUT2D eigenvalue weighted by molar-refractivity contribution is 5.77. The second-order valence-electron chi connectivity index (χ2n) is 10.7. The monoisotopic (exact) mass is 624 g/mol. The Morgan fingerprint density at radius 2 is 1.86 bits per heavy atom. The maximum absolute atomic E-state index is 13.8. The Kier molecular flexibility index (Phi) is 7.63. The highest BCUT2D eigenvalue weighted by Gasteiger charge is 2.42. The predicted octanol–water partition coefficient (Wildman–Crippen LogP) is 3.78. The molecule has 44 heavy (non-hydrogen) atoms. The van der Waals surface area contributed by atoms with E-state index in [1.807, 2.05) is 10.00 Å². The Balaban J connectivity index is 1.08. The van der Waals surface area contributed by atoms with Crippen molar-refractivity contribution in [2.24, 2.45) is 0 Å². The normalized spacial score (nSPS) is 19.7. The van der Waals surface area contributed by atoms with Crippen molar-refractivity contribution in [3.63, 3.8) is 0 Å². The molecule has 10 nitrogen and oxygen atoms in total. The quantitative estimate of drug-likeness (QED) is 0.327. The molecule has 2 aromatic heterocycles. The molecule has 3 aliphatic heterocycles. The maximum Gasteiger partial charge on any atom is 0.423 e. The number of carbonyl (C=O) groups is 1. The van der Waals surface area contributed by atoms with E-state index in [2.05, 4.69) is 10.1 Å². The van der Waals surface area contributed by atoms with Crippen molar-refractivity contribution in [3.05, 3.63) is 75.3 Å². The summed E-state index contributed by atoms with van der Waals surface area (Å²) in [5.74, 6) is 0.137. The highest BCUT2D eigenvalue weighted by atomic mass is 19.4. The number of benzene rings is 1.